The highest BCUT2D eigenvalue weighted by Gasteiger charge is 2.28. The summed E-state index contributed by atoms with van der Waals surface area (Å²) < 4.78 is 58.3. The molecule has 1 N–H and O–H groups in total. The van der Waals surface area contributed by atoms with Crippen LogP contribution in [0.5, 0.6) is 5.75 Å². The standard InChI is InChI=1S/C14H12F4O5/c1-2-22-13(21)12(20)6-11(19)8-3-9(15)5-10(4-8)23-7-14(16,17)18/h3-6,19H,2,7H2,1H3/b11-6-. The number of aliphatic hydroxyl groups is 1. The molecule has 1 aromatic carbocycles. The SMILES string of the molecule is CCOC(=O)C(=O)/C=C(\O)c1cc(F)cc(OCC(F)(F)F)c1. The van der Waals surface area contributed by atoms with Gasteiger partial charge in [-0.05, 0) is 19.1 Å². The maximum Gasteiger partial charge on any atom is 0.422 e. The molecule has 0 aromatic heterocycles. The summed E-state index contributed by atoms with van der Waals surface area (Å²) >= 11 is 0. The lowest BCUT2D eigenvalue weighted by Gasteiger charge is -2.10. The number of aliphatic hydroxyl groups excluding tert-OH is 1. The highest BCUT2D eigenvalue weighted by Crippen LogP contribution is 2.23. The smallest absolute Gasteiger partial charge is 0.422 e. The van der Waals surface area contributed by atoms with Crippen molar-refractivity contribution in [2.24, 2.45) is 0 Å². The van der Waals surface area contributed by atoms with Gasteiger partial charge in [0.05, 0.1) is 6.61 Å². The van der Waals surface area contributed by atoms with Crippen molar-refractivity contribution in [1.29, 1.82) is 0 Å². The van der Waals surface area contributed by atoms with Crippen LogP contribution < -0.4 is 4.74 Å². The molecular weight excluding hydrogens is 324 g/mol. The molecule has 126 valence electrons. The number of alkyl halides is 3. The Labute approximate surface area is 128 Å². The van der Waals surface area contributed by atoms with Gasteiger partial charge in [-0.1, -0.05) is 0 Å². The number of esters is 1. The van der Waals surface area contributed by atoms with Crippen LogP contribution in [0, 0.1) is 5.82 Å². The van der Waals surface area contributed by atoms with E-state index in [0.29, 0.717) is 12.1 Å². The van der Waals surface area contributed by atoms with Crippen LogP contribution >= 0.6 is 0 Å². The fourth-order valence-electron chi connectivity index (χ4n) is 1.43. The fourth-order valence-corrected chi connectivity index (χ4v) is 1.43. The highest BCUT2D eigenvalue weighted by molar-refractivity contribution is 6.39. The van der Waals surface area contributed by atoms with Crippen molar-refractivity contribution in [3.63, 3.8) is 0 Å². The van der Waals surface area contributed by atoms with E-state index in [4.69, 9.17) is 0 Å². The first kappa shape index (κ1) is 18.5. The first-order valence-corrected chi connectivity index (χ1v) is 6.24. The molecule has 0 saturated carbocycles. The van der Waals surface area contributed by atoms with Gasteiger partial charge in [0.15, 0.2) is 6.61 Å². The Morgan fingerprint density at radius 3 is 2.48 bits per heavy atom. The monoisotopic (exact) mass is 336 g/mol. The third kappa shape index (κ3) is 6.37. The lowest BCUT2D eigenvalue weighted by molar-refractivity contribution is -0.153. The molecule has 0 fully saturated rings. The maximum atomic E-state index is 13.3. The van der Waals surface area contributed by atoms with Gasteiger partial charge in [-0.2, -0.15) is 13.2 Å². The van der Waals surface area contributed by atoms with Crippen LogP contribution in [0.4, 0.5) is 17.6 Å². The van der Waals surface area contributed by atoms with E-state index in [1.54, 1.807) is 0 Å². The van der Waals surface area contributed by atoms with Crippen molar-refractivity contribution in [2.75, 3.05) is 13.2 Å². The number of ketones is 1. The minimum Gasteiger partial charge on any atom is -0.507 e. The summed E-state index contributed by atoms with van der Waals surface area (Å²) in [7, 11) is 0. The Bertz CT molecular complexity index is 622. The van der Waals surface area contributed by atoms with Gasteiger partial charge in [0.2, 0.25) is 0 Å². The number of benzene rings is 1. The number of hydrogen-bond acceptors (Lipinski definition) is 5. The van der Waals surface area contributed by atoms with Crippen molar-refractivity contribution < 1.29 is 41.7 Å². The third-order valence-electron chi connectivity index (χ3n) is 2.31. The summed E-state index contributed by atoms with van der Waals surface area (Å²) in [6, 6.07) is 2.32. The number of rotatable bonds is 6. The zero-order valence-corrected chi connectivity index (χ0v) is 11.8. The molecule has 0 bridgehead atoms. The molecule has 0 radical (unpaired) electrons. The number of ether oxygens (including phenoxy) is 2. The van der Waals surface area contributed by atoms with E-state index in [2.05, 4.69) is 9.47 Å². The summed E-state index contributed by atoms with van der Waals surface area (Å²) in [5.41, 5.74) is -0.333. The molecule has 0 aliphatic carbocycles. The normalized spacial score (nSPS) is 12.0. The van der Waals surface area contributed by atoms with Crippen LogP contribution in [0.3, 0.4) is 0 Å². The van der Waals surface area contributed by atoms with E-state index in [0.717, 1.165) is 12.1 Å². The summed E-state index contributed by atoms with van der Waals surface area (Å²) in [6.45, 7) is -0.248. The Morgan fingerprint density at radius 2 is 1.91 bits per heavy atom. The van der Waals surface area contributed by atoms with Gasteiger partial charge in [0.25, 0.3) is 5.78 Å². The van der Waals surface area contributed by atoms with Gasteiger partial charge in [-0.3, -0.25) is 4.79 Å². The average Bonchev–Trinajstić information content (AvgIpc) is 2.44. The van der Waals surface area contributed by atoms with Crippen molar-refractivity contribution >= 4 is 17.5 Å². The minimum atomic E-state index is -4.62. The predicted octanol–water partition coefficient (Wildman–Crippen LogP) is 2.80. The number of carbonyl (C=O) groups excluding carboxylic acids is 2. The lowest BCUT2D eigenvalue weighted by Crippen LogP contribution is -2.19. The Balaban J connectivity index is 2.96. The average molecular weight is 336 g/mol. The maximum absolute atomic E-state index is 13.3. The molecule has 5 nitrogen and oxygen atoms in total. The molecule has 0 heterocycles. The Kier molecular flexibility index (Phi) is 6.11. The summed E-state index contributed by atoms with van der Waals surface area (Å²) in [6.07, 6.45) is -4.15. The number of halogens is 4. The second kappa shape index (κ2) is 7.61. The quantitative estimate of drug-likeness (QED) is 0.284. The number of hydrogen-bond donors (Lipinski definition) is 1. The molecule has 0 aliphatic rings. The summed E-state index contributed by atoms with van der Waals surface area (Å²) in [5, 5.41) is 9.67. The van der Waals surface area contributed by atoms with E-state index in [1.165, 1.54) is 6.92 Å². The van der Waals surface area contributed by atoms with Crippen LogP contribution in [0.25, 0.3) is 5.76 Å². The molecule has 0 saturated heterocycles. The van der Waals surface area contributed by atoms with Crippen molar-refractivity contribution in [3.8, 4) is 5.75 Å². The molecule has 9 heteroatoms. The first-order chi connectivity index (χ1) is 10.6. The van der Waals surface area contributed by atoms with Crippen LogP contribution in [-0.2, 0) is 14.3 Å². The van der Waals surface area contributed by atoms with Gasteiger partial charge < -0.3 is 14.6 Å². The largest absolute Gasteiger partial charge is 0.507 e. The molecule has 0 amide bonds. The Hall–Kier alpha value is -2.58. The van der Waals surface area contributed by atoms with Gasteiger partial charge >= 0.3 is 12.1 Å². The van der Waals surface area contributed by atoms with Gasteiger partial charge in [0.1, 0.15) is 17.3 Å². The van der Waals surface area contributed by atoms with Crippen molar-refractivity contribution in [1.82, 2.24) is 0 Å². The molecule has 1 aromatic rings. The third-order valence-corrected chi connectivity index (χ3v) is 2.31. The van der Waals surface area contributed by atoms with E-state index in [-0.39, 0.29) is 12.2 Å². The van der Waals surface area contributed by atoms with Crippen molar-refractivity contribution in [2.45, 2.75) is 13.1 Å². The van der Waals surface area contributed by atoms with E-state index in [9.17, 15) is 32.3 Å². The highest BCUT2D eigenvalue weighted by atomic mass is 19.4. The molecule has 0 aliphatic heterocycles. The zero-order chi connectivity index (χ0) is 17.6. The van der Waals surface area contributed by atoms with Gasteiger partial charge in [0, 0.05) is 17.7 Å². The van der Waals surface area contributed by atoms with Crippen LogP contribution in [-0.4, -0.2) is 36.2 Å². The lowest BCUT2D eigenvalue weighted by atomic mass is 10.1. The van der Waals surface area contributed by atoms with E-state index < -0.39 is 41.9 Å². The van der Waals surface area contributed by atoms with E-state index in [1.807, 2.05) is 0 Å². The predicted molar refractivity (Wildman–Crippen MR) is 70.2 cm³/mol. The molecule has 23 heavy (non-hydrogen) atoms. The van der Waals surface area contributed by atoms with Crippen LogP contribution in [0.1, 0.15) is 12.5 Å². The van der Waals surface area contributed by atoms with Crippen LogP contribution in [0.15, 0.2) is 24.3 Å². The van der Waals surface area contributed by atoms with E-state index >= 15 is 0 Å². The molecule has 0 atom stereocenters. The van der Waals surface area contributed by atoms with Crippen molar-refractivity contribution in [3.05, 3.63) is 35.7 Å². The van der Waals surface area contributed by atoms with Gasteiger partial charge in [-0.15, -0.1) is 0 Å². The summed E-state index contributed by atoms with van der Waals surface area (Å²) in [5.74, 6) is -4.75. The first-order valence-electron chi connectivity index (χ1n) is 6.24. The topological polar surface area (TPSA) is 72.8 Å². The molecule has 0 spiro atoms. The second-order valence-electron chi connectivity index (χ2n) is 4.19. The molecule has 1 rings (SSSR count). The van der Waals surface area contributed by atoms with Crippen LogP contribution in [0.2, 0.25) is 0 Å². The number of carbonyl (C=O) groups is 2. The zero-order valence-electron chi connectivity index (χ0n) is 11.8. The second-order valence-corrected chi connectivity index (χ2v) is 4.19. The summed E-state index contributed by atoms with van der Waals surface area (Å²) in [4.78, 5) is 22.5. The Morgan fingerprint density at radius 1 is 1.26 bits per heavy atom. The van der Waals surface area contributed by atoms with Gasteiger partial charge in [-0.25, -0.2) is 9.18 Å². The fraction of sp³-hybridized carbons (Fsp3) is 0.286. The minimum absolute atomic E-state index is 0.0609. The molecular formula is C14H12F4O5. The molecule has 0 unspecified atom stereocenters.